The predicted octanol–water partition coefficient (Wildman–Crippen LogP) is 0.906. The van der Waals surface area contributed by atoms with Gasteiger partial charge in [-0.2, -0.15) is 0 Å². The number of methoxy groups -OCH3 is 1. The van der Waals surface area contributed by atoms with Crippen LogP contribution in [0.15, 0.2) is 24.3 Å². The standard InChI is InChI=1S/C14H20N2O4/c1-18-7-6-15-10-13(17)16-12-4-2-11(3-5-12)14-19-8-9-20-14/h2-5,14-15H,6-10H2,1H3,(H,16,17). The fourth-order valence-corrected chi connectivity index (χ4v) is 1.86. The van der Waals surface area contributed by atoms with Crippen LogP contribution in [0.2, 0.25) is 0 Å². The third-order valence-electron chi connectivity index (χ3n) is 2.86. The van der Waals surface area contributed by atoms with Crippen LogP contribution in [0.25, 0.3) is 0 Å². The van der Waals surface area contributed by atoms with E-state index >= 15 is 0 Å². The molecule has 0 aromatic heterocycles. The monoisotopic (exact) mass is 280 g/mol. The van der Waals surface area contributed by atoms with Crippen molar-refractivity contribution in [3.8, 4) is 0 Å². The Balaban J connectivity index is 1.76. The quantitative estimate of drug-likeness (QED) is 0.727. The van der Waals surface area contributed by atoms with Crippen molar-refractivity contribution in [2.24, 2.45) is 0 Å². The molecule has 20 heavy (non-hydrogen) atoms. The number of carbonyl (C=O) groups excluding carboxylic acids is 1. The Morgan fingerprint density at radius 1 is 1.30 bits per heavy atom. The van der Waals surface area contributed by atoms with E-state index in [2.05, 4.69) is 10.6 Å². The van der Waals surface area contributed by atoms with Gasteiger partial charge in [-0.3, -0.25) is 4.79 Å². The molecule has 0 radical (unpaired) electrons. The van der Waals surface area contributed by atoms with E-state index in [-0.39, 0.29) is 18.7 Å². The lowest BCUT2D eigenvalue weighted by Crippen LogP contribution is -2.30. The van der Waals surface area contributed by atoms with Crippen molar-refractivity contribution in [1.82, 2.24) is 5.32 Å². The van der Waals surface area contributed by atoms with Gasteiger partial charge in [0.05, 0.1) is 26.4 Å². The Kier molecular flexibility index (Phi) is 5.94. The molecule has 0 spiro atoms. The number of amides is 1. The van der Waals surface area contributed by atoms with E-state index in [4.69, 9.17) is 14.2 Å². The number of benzene rings is 1. The van der Waals surface area contributed by atoms with Crippen molar-refractivity contribution in [1.29, 1.82) is 0 Å². The predicted molar refractivity (Wildman–Crippen MR) is 74.5 cm³/mol. The van der Waals surface area contributed by atoms with Crippen LogP contribution in [0.1, 0.15) is 11.9 Å². The van der Waals surface area contributed by atoms with Crippen molar-refractivity contribution in [2.45, 2.75) is 6.29 Å². The summed E-state index contributed by atoms with van der Waals surface area (Å²) in [5.41, 5.74) is 1.71. The lowest BCUT2D eigenvalue weighted by atomic mass is 10.2. The van der Waals surface area contributed by atoms with E-state index in [1.807, 2.05) is 24.3 Å². The zero-order chi connectivity index (χ0) is 14.2. The highest BCUT2D eigenvalue weighted by Crippen LogP contribution is 2.24. The number of nitrogens with one attached hydrogen (secondary N) is 2. The second kappa shape index (κ2) is 7.96. The minimum Gasteiger partial charge on any atom is -0.383 e. The molecule has 1 aliphatic rings. The van der Waals surface area contributed by atoms with Crippen LogP contribution in [-0.2, 0) is 19.0 Å². The van der Waals surface area contributed by atoms with Gasteiger partial charge in [0.25, 0.3) is 0 Å². The fourth-order valence-electron chi connectivity index (χ4n) is 1.86. The largest absolute Gasteiger partial charge is 0.383 e. The second-order valence-electron chi connectivity index (χ2n) is 4.41. The van der Waals surface area contributed by atoms with Gasteiger partial charge in [0, 0.05) is 24.9 Å². The molecule has 1 amide bonds. The van der Waals surface area contributed by atoms with Gasteiger partial charge in [-0.25, -0.2) is 0 Å². The summed E-state index contributed by atoms with van der Waals surface area (Å²) in [4.78, 5) is 11.7. The van der Waals surface area contributed by atoms with Crippen LogP contribution in [0.3, 0.4) is 0 Å². The van der Waals surface area contributed by atoms with E-state index in [1.54, 1.807) is 7.11 Å². The van der Waals surface area contributed by atoms with Gasteiger partial charge in [-0.1, -0.05) is 12.1 Å². The Hall–Kier alpha value is -1.47. The SMILES string of the molecule is COCCNCC(=O)Nc1ccc(C2OCCO2)cc1. The molecule has 1 fully saturated rings. The molecule has 1 aliphatic heterocycles. The van der Waals surface area contributed by atoms with Crippen molar-refractivity contribution < 1.29 is 19.0 Å². The summed E-state index contributed by atoms with van der Waals surface area (Å²) in [7, 11) is 1.63. The number of ether oxygens (including phenoxy) is 3. The summed E-state index contributed by atoms with van der Waals surface area (Å²) < 4.78 is 15.7. The van der Waals surface area contributed by atoms with E-state index in [0.717, 1.165) is 11.3 Å². The molecular weight excluding hydrogens is 260 g/mol. The highest BCUT2D eigenvalue weighted by atomic mass is 16.7. The third kappa shape index (κ3) is 4.57. The zero-order valence-corrected chi connectivity index (χ0v) is 11.6. The Morgan fingerprint density at radius 3 is 2.65 bits per heavy atom. The summed E-state index contributed by atoms with van der Waals surface area (Å²) >= 11 is 0. The van der Waals surface area contributed by atoms with Crippen molar-refractivity contribution in [3.05, 3.63) is 29.8 Å². The maximum atomic E-state index is 11.7. The molecule has 110 valence electrons. The molecule has 6 heteroatoms. The maximum absolute atomic E-state index is 11.7. The van der Waals surface area contributed by atoms with Gasteiger partial charge in [-0.15, -0.1) is 0 Å². The Labute approximate surface area is 118 Å². The van der Waals surface area contributed by atoms with Crippen molar-refractivity contribution >= 4 is 11.6 Å². The van der Waals surface area contributed by atoms with Gasteiger partial charge in [-0.05, 0) is 12.1 Å². The number of hydrogen-bond acceptors (Lipinski definition) is 5. The van der Waals surface area contributed by atoms with Crippen molar-refractivity contribution in [3.63, 3.8) is 0 Å². The van der Waals surface area contributed by atoms with E-state index < -0.39 is 0 Å². The van der Waals surface area contributed by atoms with E-state index in [9.17, 15) is 4.79 Å². The lowest BCUT2D eigenvalue weighted by molar-refractivity contribution is -0.115. The smallest absolute Gasteiger partial charge is 0.238 e. The molecule has 0 unspecified atom stereocenters. The number of carbonyl (C=O) groups is 1. The summed E-state index contributed by atoms with van der Waals surface area (Å²) in [5.74, 6) is -0.0813. The average molecular weight is 280 g/mol. The minimum atomic E-state index is -0.282. The lowest BCUT2D eigenvalue weighted by Gasteiger charge is -2.11. The summed E-state index contributed by atoms with van der Waals surface area (Å²) in [6.07, 6.45) is -0.282. The summed E-state index contributed by atoms with van der Waals surface area (Å²) in [6, 6.07) is 7.47. The molecule has 1 aromatic rings. The molecule has 1 saturated heterocycles. The van der Waals surface area contributed by atoms with Crippen molar-refractivity contribution in [2.75, 3.05) is 45.3 Å². The van der Waals surface area contributed by atoms with Crippen LogP contribution >= 0.6 is 0 Å². The van der Waals surface area contributed by atoms with Gasteiger partial charge in [0.2, 0.25) is 5.91 Å². The normalized spacial score (nSPS) is 15.4. The second-order valence-corrected chi connectivity index (χ2v) is 4.41. The first-order valence-electron chi connectivity index (χ1n) is 6.62. The number of anilines is 1. The minimum absolute atomic E-state index is 0.0813. The number of hydrogen-bond donors (Lipinski definition) is 2. The maximum Gasteiger partial charge on any atom is 0.238 e. The van der Waals surface area contributed by atoms with Gasteiger partial charge in [0.1, 0.15) is 0 Å². The van der Waals surface area contributed by atoms with E-state index in [0.29, 0.717) is 26.4 Å². The van der Waals surface area contributed by atoms with Crippen LogP contribution in [-0.4, -0.2) is 45.9 Å². The summed E-state index contributed by atoms with van der Waals surface area (Å²) in [5, 5.41) is 5.80. The van der Waals surface area contributed by atoms with Gasteiger partial charge >= 0.3 is 0 Å². The number of rotatable bonds is 7. The van der Waals surface area contributed by atoms with Gasteiger partial charge in [0.15, 0.2) is 6.29 Å². The topological polar surface area (TPSA) is 68.8 Å². The highest BCUT2D eigenvalue weighted by Gasteiger charge is 2.17. The molecular formula is C14H20N2O4. The fraction of sp³-hybridized carbons (Fsp3) is 0.500. The Morgan fingerprint density at radius 2 is 2.00 bits per heavy atom. The van der Waals surface area contributed by atoms with E-state index in [1.165, 1.54) is 0 Å². The first kappa shape index (κ1) is 14.9. The first-order chi connectivity index (χ1) is 9.79. The van der Waals surface area contributed by atoms with Gasteiger partial charge < -0.3 is 24.8 Å². The molecule has 1 aromatic carbocycles. The molecule has 2 N–H and O–H groups in total. The highest BCUT2D eigenvalue weighted by molar-refractivity contribution is 5.92. The molecule has 1 heterocycles. The summed E-state index contributed by atoms with van der Waals surface area (Å²) in [6.45, 7) is 2.75. The molecule has 6 nitrogen and oxygen atoms in total. The first-order valence-corrected chi connectivity index (χ1v) is 6.62. The van der Waals surface area contributed by atoms with Crippen LogP contribution < -0.4 is 10.6 Å². The average Bonchev–Trinajstić information content (AvgIpc) is 2.99. The molecule has 0 atom stereocenters. The third-order valence-corrected chi connectivity index (χ3v) is 2.86. The van der Waals surface area contributed by atoms with Crippen LogP contribution in [0, 0.1) is 0 Å². The van der Waals surface area contributed by atoms with Crippen LogP contribution in [0.5, 0.6) is 0 Å². The van der Waals surface area contributed by atoms with Crippen LogP contribution in [0.4, 0.5) is 5.69 Å². The molecule has 0 saturated carbocycles. The zero-order valence-electron chi connectivity index (χ0n) is 11.6. The molecule has 0 bridgehead atoms. The Bertz CT molecular complexity index is 416. The molecule has 2 rings (SSSR count). The molecule has 0 aliphatic carbocycles.